The van der Waals surface area contributed by atoms with Crippen LogP contribution in [0.2, 0.25) is 0 Å². The molecule has 0 bridgehead atoms. The van der Waals surface area contributed by atoms with Gasteiger partial charge in [0.1, 0.15) is 0 Å². The first-order chi connectivity index (χ1) is 15.2. The number of aliphatic imine (C=N–C) groups is 1. The number of likely N-dealkylation sites (tertiary alicyclic amines) is 1. The second-order valence-electron chi connectivity index (χ2n) is 9.68. The Morgan fingerprint density at radius 1 is 1.16 bits per heavy atom. The number of hydrogen-bond acceptors (Lipinski definition) is 4. The fourth-order valence-electron chi connectivity index (χ4n) is 5.61. The second kappa shape index (κ2) is 12.5. The van der Waals surface area contributed by atoms with E-state index in [1.54, 1.807) is 0 Å². The second-order valence-corrected chi connectivity index (χ2v) is 9.68. The van der Waals surface area contributed by atoms with E-state index in [-0.39, 0.29) is 29.5 Å². The highest BCUT2D eigenvalue weighted by atomic mass is 127. The van der Waals surface area contributed by atoms with E-state index in [9.17, 15) is 0 Å². The third-order valence-corrected chi connectivity index (χ3v) is 7.39. The quantitative estimate of drug-likeness (QED) is 0.307. The Bertz CT molecular complexity index is 704. The Morgan fingerprint density at radius 2 is 1.88 bits per heavy atom. The number of halogens is 1. The molecule has 2 heterocycles. The number of morpholine rings is 1. The SMILES string of the molecule is CN=C(NCC1(NC(C)c2ccccc2)CCCC1)N1CCC(CN2CCOCC2)C1.I. The van der Waals surface area contributed by atoms with Crippen LogP contribution < -0.4 is 10.6 Å². The first-order valence-corrected chi connectivity index (χ1v) is 12.3. The van der Waals surface area contributed by atoms with Crippen LogP contribution in [0.25, 0.3) is 0 Å². The van der Waals surface area contributed by atoms with Gasteiger partial charge in [0.2, 0.25) is 0 Å². The number of hydrogen-bond donors (Lipinski definition) is 2. The lowest BCUT2D eigenvalue weighted by molar-refractivity contribution is 0.0315. The van der Waals surface area contributed by atoms with Crippen LogP contribution in [-0.4, -0.2) is 80.8 Å². The smallest absolute Gasteiger partial charge is 0.193 e. The largest absolute Gasteiger partial charge is 0.379 e. The van der Waals surface area contributed by atoms with Crippen molar-refractivity contribution in [2.45, 2.75) is 50.6 Å². The molecule has 1 aromatic carbocycles. The van der Waals surface area contributed by atoms with E-state index in [1.807, 2.05) is 7.05 Å². The molecule has 3 aliphatic rings. The standard InChI is InChI=1S/C25H41N5O.HI/c1-21(23-8-4-3-5-9-23)28-25(11-6-7-12-25)20-27-24(26-2)30-13-10-22(19-30)18-29-14-16-31-17-15-29;/h3-5,8-9,21-22,28H,6-7,10-20H2,1-2H3,(H,26,27);1H. The van der Waals surface area contributed by atoms with Crippen LogP contribution in [0.4, 0.5) is 0 Å². The Morgan fingerprint density at radius 3 is 2.56 bits per heavy atom. The Hall–Kier alpha value is -0.900. The van der Waals surface area contributed by atoms with Gasteiger partial charge in [-0.3, -0.25) is 9.89 Å². The maximum Gasteiger partial charge on any atom is 0.193 e. The van der Waals surface area contributed by atoms with Crippen molar-refractivity contribution in [3.05, 3.63) is 35.9 Å². The van der Waals surface area contributed by atoms with E-state index >= 15 is 0 Å². The molecule has 7 heteroatoms. The van der Waals surface area contributed by atoms with Crippen molar-refractivity contribution in [3.63, 3.8) is 0 Å². The van der Waals surface area contributed by atoms with Gasteiger partial charge in [0.05, 0.1) is 13.2 Å². The van der Waals surface area contributed by atoms with Crippen LogP contribution in [0.3, 0.4) is 0 Å². The summed E-state index contributed by atoms with van der Waals surface area (Å²) in [5, 5.41) is 7.74. The van der Waals surface area contributed by atoms with Crippen LogP contribution >= 0.6 is 24.0 Å². The van der Waals surface area contributed by atoms with Gasteiger partial charge in [0, 0.05) is 57.9 Å². The molecule has 180 valence electrons. The highest BCUT2D eigenvalue weighted by Crippen LogP contribution is 2.32. The Labute approximate surface area is 211 Å². The van der Waals surface area contributed by atoms with Gasteiger partial charge < -0.3 is 20.3 Å². The van der Waals surface area contributed by atoms with Gasteiger partial charge in [-0.05, 0) is 37.7 Å². The fourth-order valence-corrected chi connectivity index (χ4v) is 5.61. The van der Waals surface area contributed by atoms with E-state index in [0.29, 0.717) is 6.04 Å². The highest BCUT2D eigenvalue weighted by Gasteiger charge is 2.36. The Balaban J connectivity index is 0.00000289. The molecule has 32 heavy (non-hydrogen) atoms. The zero-order valence-corrected chi connectivity index (χ0v) is 22.2. The minimum absolute atomic E-state index is 0. The molecule has 2 N–H and O–H groups in total. The van der Waals surface area contributed by atoms with Crippen molar-refractivity contribution in [1.82, 2.24) is 20.4 Å². The minimum atomic E-state index is 0. The molecule has 0 radical (unpaired) electrons. The summed E-state index contributed by atoms with van der Waals surface area (Å²) < 4.78 is 5.50. The first kappa shape index (κ1) is 25.7. The molecule has 0 amide bonds. The molecular formula is C25H42IN5O. The molecule has 6 nitrogen and oxygen atoms in total. The first-order valence-electron chi connectivity index (χ1n) is 12.3. The van der Waals surface area contributed by atoms with Crippen molar-refractivity contribution in [2.24, 2.45) is 10.9 Å². The van der Waals surface area contributed by atoms with Gasteiger partial charge >= 0.3 is 0 Å². The topological polar surface area (TPSA) is 52.1 Å². The van der Waals surface area contributed by atoms with Crippen LogP contribution in [0, 0.1) is 5.92 Å². The number of rotatable bonds is 7. The molecule has 2 atom stereocenters. The lowest BCUT2D eigenvalue weighted by Crippen LogP contribution is -2.54. The maximum absolute atomic E-state index is 5.50. The predicted molar refractivity (Wildman–Crippen MR) is 143 cm³/mol. The van der Waals surface area contributed by atoms with E-state index in [1.165, 1.54) is 44.2 Å². The number of nitrogens with zero attached hydrogens (tertiary/aromatic N) is 3. The third-order valence-electron chi connectivity index (χ3n) is 7.39. The van der Waals surface area contributed by atoms with E-state index in [2.05, 4.69) is 62.7 Å². The molecule has 1 aromatic rings. The van der Waals surface area contributed by atoms with E-state index < -0.39 is 0 Å². The molecule has 2 saturated heterocycles. The van der Waals surface area contributed by atoms with Gasteiger partial charge in [0.15, 0.2) is 5.96 Å². The predicted octanol–water partition coefficient (Wildman–Crippen LogP) is 3.50. The van der Waals surface area contributed by atoms with E-state index in [4.69, 9.17) is 4.74 Å². The van der Waals surface area contributed by atoms with Crippen molar-refractivity contribution < 1.29 is 4.74 Å². The summed E-state index contributed by atoms with van der Waals surface area (Å²) in [4.78, 5) is 9.68. The molecule has 1 aliphatic carbocycles. The molecule has 0 aromatic heterocycles. The van der Waals surface area contributed by atoms with Crippen LogP contribution in [0.1, 0.15) is 50.6 Å². The normalized spacial score (nSPS) is 24.9. The monoisotopic (exact) mass is 555 g/mol. The summed E-state index contributed by atoms with van der Waals surface area (Å²) in [6.07, 6.45) is 6.33. The molecule has 2 unspecified atom stereocenters. The third kappa shape index (κ3) is 6.81. The van der Waals surface area contributed by atoms with Crippen molar-refractivity contribution in [1.29, 1.82) is 0 Å². The number of guanidine groups is 1. The van der Waals surface area contributed by atoms with Crippen molar-refractivity contribution in [2.75, 3.05) is 59.5 Å². The zero-order valence-electron chi connectivity index (χ0n) is 19.9. The maximum atomic E-state index is 5.50. The van der Waals surface area contributed by atoms with E-state index in [0.717, 1.165) is 57.8 Å². The summed E-state index contributed by atoms with van der Waals surface area (Å²) >= 11 is 0. The van der Waals surface area contributed by atoms with Gasteiger partial charge in [-0.25, -0.2) is 0 Å². The van der Waals surface area contributed by atoms with Crippen LogP contribution in [0.5, 0.6) is 0 Å². The number of benzene rings is 1. The van der Waals surface area contributed by atoms with Crippen LogP contribution in [0.15, 0.2) is 35.3 Å². The molecule has 3 fully saturated rings. The van der Waals surface area contributed by atoms with Crippen molar-refractivity contribution in [3.8, 4) is 0 Å². The highest BCUT2D eigenvalue weighted by molar-refractivity contribution is 14.0. The summed E-state index contributed by atoms with van der Waals surface area (Å²) in [5.41, 5.74) is 1.52. The van der Waals surface area contributed by atoms with Gasteiger partial charge in [0.25, 0.3) is 0 Å². The molecule has 1 saturated carbocycles. The lowest BCUT2D eigenvalue weighted by Gasteiger charge is -2.36. The summed E-state index contributed by atoms with van der Waals surface area (Å²) in [7, 11) is 1.93. The van der Waals surface area contributed by atoms with Gasteiger partial charge in [-0.1, -0.05) is 43.2 Å². The summed E-state index contributed by atoms with van der Waals surface area (Å²) in [6.45, 7) is 10.6. The summed E-state index contributed by atoms with van der Waals surface area (Å²) in [5.74, 6) is 1.80. The average molecular weight is 556 g/mol. The van der Waals surface area contributed by atoms with Crippen molar-refractivity contribution >= 4 is 29.9 Å². The average Bonchev–Trinajstić information content (AvgIpc) is 3.46. The minimum Gasteiger partial charge on any atom is -0.379 e. The Kier molecular flexibility index (Phi) is 10.1. The molecular weight excluding hydrogens is 513 g/mol. The summed E-state index contributed by atoms with van der Waals surface area (Å²) in [6, 6.07) is 11.2. The number of nitrogens with one attached hydrogen (secondary N) is 2. The number of ether oxygens (including phenoxy) is 1. The van der Waals surface area contributed by atoms with Crippen LogP contribution in [-0.2, 0) is 4.74 Å². The zero-order chi connectivity index (χ0) is 21.5. The van der Waals surface area contributed by atoms with Gasteiger partial charge in [-0.2, -0.15) is 0 Å². The molecule has 4 rings (SSSR count). The molecule has 2 aliphatic heterocycles. The lowest BCUT2D eigenvalue weighted by atomic mass is 9.94. The molecule has 0 spiro atoms. The fraction of sp³-hybridized carbons (Fsp3) is 0.720. The van der Waals surface area contributed by atoms with Gasteiger partial charge in [-0.15, -0.1) is 24.0 Å².